The van der Waals surface area contributed by atoms with Crippen molar-refractivity contribution in [2.75, 3.05) is 33.7 Å². The molecule has 2 N–H and O–H groups in total. The number of hydrogen-bond acceptors (Lipinski definition) is 3. The molecule has 0 bridgehead atoms. The van der Waals surface area contributed by atoms with Crippen LogP contribution in [0.4, 0.5) is 0 Å². The first-order chi connectivity index (χ1) is 9.53. The monoisotopic (exact) mass is 283 g/mol. The molecule has 2 unspecified atom stereocenters. The molecule has 1 heterocycles. The molecule has 0 aromatic rings. The number of nitrogens with two attached hydrogens (primary N) is 1. The van der Waals surface area contributed by atoms with E-state index in [2.05, 4.69) is 37.7 Å². The SMILES string of the molecule is CCCCCCCC(C)(CN)N1CCCC1CN(C)C. The van der Waals surface area contributed by atoms with Crippen LogP contribution in [0, 0.1) is 0 Å². The van der Waals surface area contributed by atoms with E-state index in [0.29, 0.717) is 6.04 Å². The predicted octanol–water partition coefficient (Wildman–Crippen LogP) is 3.09. The van der Waals surface area contributed by atoms with Gasteiger partial charge in [0, 0.05) is 24.7 Å². The zero-order valence-electron chi connectivity index (χ0n) is 14.3. The van der Waals surface area contributed by atoms with Gasteiger partial charge in [-0.25, -0.2) is 0 Å². The van der Waals surface area contributed by atoms with Crippen molar-refractivity contribution in [1.29, 1.82) is 0 Å². The molecule has 1 fully saturated rings. The summed E-state index contributed by atoms with van der Waals surface area (Å²) >= 11 is 0. The lowest BCUT2D eigenvalue weighted by Gasteiger charge is -2.43. The van der Waals surface area contributed by atoms with Gasteiger partial charge in [-0.2, -0.15) is 0 Å². The molecule has 120 valence electrons. The highest BCUT2D eigenvalue weighted by molar-refractivity contribution is 4.95. The normalized spacial score (nSPS) is 23.4. The second-order valence-electron chi connectivity index (χ2n) is 7.12. The minimum Gasteiger partial charge on any atom is -0.329 e. The third-order valence-electron chi connectivity index (χ3n) is 4.91. The smallest absolute Gasteiger partial charge is 0.0307 e. The van der Waals surface area contributed by atoms with E-state index in [1.807, 2.05) is 0 Å². The van der Waals surface area contributed by atoms with Crippen LogP contribution >= 0.6 is 0 Å². The number of rotatable bonds is 10. The van der Waals surface area contributed by atoms with Crippen LogP contribution < -0.4 is 5.73 Å². The summed E-state index contributed by atoms with van der Waals surface area (Å²) in [6.07, 6.45) is 10.7. The Morgan fingerprint density at radius 1 is 1.20 bits per heavy atom. The minimum atomic E-state index is 0.212. The maximum Gasteiger partial charge on any atom is 0.0307 e. The molecule has 0 aromatic carbocycles. The molecular weight excluding hydrogens is 246 g/mol. The maximum atomic E-state index is 6.17. The number of unbranched alkanes of at least 4 members (excludes halogenated alkanes) is 4. The van der Waals surface area contributed by atoms with Crippen LogP contribution in [-0.4, -0.2) is 55.1 Å². The highest BCUT2D eigenvalue weighted by atomic mass is 15.3. The Hall–Kier alpha value is -0.120. The molecule has 3 heteroatoms. The van der Waals surface area contributed by atoms with Crippen LogP contribution in [0.25, 0.3) is 0 Å². The van der Waals surface area contributed by atoms with Gasteiger partial charge in [-0.3, -0.25) is 4.90 Å². The summed E-state index contributed by atoms with van der Waals surface area (Å²) in [7, 11) is 4.36. The zero-order valence-corrected chi connectivity index (χ0v) is 14.3. The van der Waals surface area contributed by atoms with Crippen molar-refractivity contribution in [3.05, 3.63) is 0 Å². The molecule has 0 aliphatic carbocycles. The molecule has 1 saturated heterocycles. The van der Waals surface area contributed by atoms with Crippen molar-refractivity contribution in [2.45, 2.75) is 76.8 Å². The number of nitrogens with zero attached hydrogens (tertiary/aromatic N) is 2. The van der Waals surface area contributed by atoms with Gasteiger partial charge in [0.2, 0.25) is 0 Å². The van der Waals surface area contributed by atoms with Crippen LogP contribution in [-0.2, 0) is 0 Å². The summed E-state index contributed by atoms with van der Waals surface area (Å²) in [5.41, 5.74) is 6.38. The largest absolute Gasteiger partial charge is 0.329 e. The minimum absolute atomic E-state index is 0.212. The molecule has 20 heavy (non-hydrogen) atoms. The topological polar surface area (TPSA) is 32.5 Å². The molecule has 1 aliphatic rings. The Kier molecular flexibility index (Phi) is 8.08. The quantitative estimate of drug-likeness (QED) is 0.625. The average Bonchev–Trinajstić information content (AvgIpc) is 2.86. The fraction of sp³-hybridized carbons (Fsp3) is 1.00. The lowest BCUT2D eigenvalue weighted by molar-refractivity contribution is 0.0721. The average molecular weight is 284 g/mol. The molecule has 0 radical (unpaired) electrons. The molecule has 0 amide bonds. The van der Waals surface area contributed by atoms with Gasteiger partial charge in [0.1, 0.15) is 0 Å². The van der Waals surface area contributed by atoms with E-state index >= 15 is 0 Å². The van der Waals surface area contributed by atoms with Crippen molar-refractivity contribution < 1.29 is 0 Å². The standard InChI is InChI=1S/C17H37N3/c1-5-6-7-8-9-12-17(2,15-18)20-13-10-11-16(20)14-19(3)4/h16H,5-15,18H2,1-4H3. The first kappa shape index (κ1) is 17.9. The Morgan fingerprint density at radius 3 is 2.50 bits per heavy atom. The van der Waals surface area contributed by atoms with E-state index in [0.717, 1.165) is 6.54 Å². The molecule has 0 aromatic heterocycles. The fourth-order valence-corrected chi connectivity index (χ4v) is 3.63. The first-order valence-corrected chi connectivity index (χ1v) is 8.65. The van der Waals surface area contributed by atoms with Crippen LogP contribution in [0.5, 0.6) is 0 Å². The summed E-state index contributed by atoms with van der Waals surface area (Å²) < 4.78 is 0. The molecule has 0 spiro atoms. The van der Waals surface area contributed by atoms with Gasteiger partial charge in [0.25, 0.3) is 0 Å². The van der Waals surface area contributed by atoms with Gasteiger partial charge in [0.05, 0.1) is 0 Å². The fourth-order valence-electron chi connectivity index (χ4n) is 3.63. The van der Waals surface area contributed by atoms with Gasteiger partial charge in [0.15, 0.2) is 0 Å². The third kappa shape index (κ3) is 5.34. The maximum absolute atomic E-state index is 6.17. The Balaban J connectivity index is 2.48. The summed E-state index contributed by atoms with van der Waals surface area (Å²) in [5, 5.41) is 0. The molecule has 2 atom stereocenters. The van der Waals surface area contributed by atoms with E-state index in [4.69, 9.17) is 5.73 Å². The number of likely N-dealkylation sites (tertiary alicyclic amines) is 1. The van der Waals surface area contributed by atoms with E-state index < -0.39 is 0 Å². The van der Waals surface area contributed by atoms with Gasteiger partial charge >= 0.3 is 0 Å². The Morgan fingerprint density at radius 2 is 1.90 bits per heavy atom. The summed E-state index contributed by atoms with van der Waals surface area (Å²) in [6.45, 7) is 7.87. The molecule has 1 aliphatic heterocycles. The molecule has 0 saturated carbocycles. The summed E-state index contributed by atoms with van der Waals surface area (Å²) in [6, 6.07) is 0.703. The van der Waals surface area contributed by atoms with Gasteiger partial charge in [-0.1, -0.05) is 39.0 Å². The molecular formula is C17H37N3. The predicted molar refractivity (Wildman–Crippen MR) is 89.1 cm³/mol. The summed E-state index contributed by atoms with van der Waals surface area (Å²) in [5.74, 6) is 0. The summed E-state index contributed by atoms with van der Waals surface area (Å²) in [4.78, 5) is 5.04. The van der Waals surface area contributed by atoms with E-state index in [1.54, 1.807) is 0 Å². The third-order valence-corrected chi connectivity index (χ3v) is 4.91. The molecule has 1 rings (SSSR count). The van der Waals surface area contributed by atoms with E-state index in [-0.39, 0.29) is 5.54 Å². The molecule has 3 nitrogen and oxygen atoms in total. The lowest BCUT2D eigenvalue weighted by Crippen LogP contribution is -2.55. The van der Waals surface area contributed by atoms with Crippen LogP contribution in [0.15, 0.2) is 0 Å². The van der Waals surface area contributed by atoms with Crippen molar-refractivity contribution in [1.82, 2.24) is 9.80 Å². The van der Waals surface area contributed by atoms with Crippen molar-refractivity contribution in [3.63, 3.8) is 0 Å². The van der Waals surface area contributed by atoms with Crippen LogP contribution in [0.1, 0.15) is 65.2 Å². The number of hydrogen-bond donors (Lipinski definition) is 1. The second-order valence-corrected chi connectivity index (χ2v) is 7.12. The first-order valence-electron chi connectivity index (χ1n) is 8.65. The lowest BCUT2D eigenvalue weighted by atomic mass is 9.91. The van der Waals surface area contributed by atoms with E-state index in [9.17, 15) is 0 Å². The van der Waals surface area contributed by atoms with Crippen molar-refractivity contribution >= 4 is 0 Å². The van der Waals surface area contributed by atoms with Gasteiger partial charge in [-0.05, 0) is 46.8 Å². The van der Waals surface area contributed by atoms with Gasteiger partial charge in [-0.15, -0.1) is 0 Å². The Labute approximate surface area is 126 Å². The van der Waals surface area contributed by atoms with E-state index in [1.165, 1.54) is 64.5 Å². The van der Waals surface area contributed by atoms with Crippen LogP contribution in [0.3, 0.4) is 0 Å². The van der Waals surface area contributed by atoms with Crippen molar-refractivity contribution in [3.8, 4) is 0 Å². The van der Waals surface area contributed by atoms with Crippen LogP contribution in [0.2, 0.25) is 0 Å². The highest BCUT2D eigenvalue weighted by Crippen LogP contribution is 2.30. The second kappa shape index (κ2) is 9.01. The van der Waals surface area contributed by atoms with Gasteiger partial charge < -0.3 is 10.6 Å². The highest BCUT2D eigenvalue weighted by Gasteiger charge is 2.37. The zero-order chi connectivity index (χ0) is 15.0. The Bertz CT molecular complexity index is 255. The number of likely N-dealkylation sites (N-methyl/N-ethyl adjacent to an activating group) is 1. The van der Waals surface area contributed by atoms with Crippen molar-refractivity contribution in [2.24, 2.45) is 5.73 Å².